The first-order valence-electron chi connectivity index (χ1n) is 4.27. The molecule has 1 unspecified atom stereocenters. The van der Waals surface area contributed by atoms with E-state index in [0.717, 1.165) is 0 Å². The minimum atomic E-state index is -0.375. The fourth-order valence-electron chi connectivity index (χ4n) is 1.16. The van der Waals surface area contributed by atoms with Crippen LogP contribution in [-0.4, -0.2) is 43.9 Å². The zero-order valence-corrected chi connectivity index (χ0v) is 7.96. The van der Waals surface area contributed by atoms with Crippen molar-refractivity contribution in [3.05, 3.63) is 0 Å². The second-order valence-electron chi connectivity index (χ2n) is 3.37. The largest absolute Gasteiger partial charge is 0.290 e. The summed E-state index contributed by atoms with van der Waals surface area (Å²) in [6, 6.07) is -0.375. The standard InChI is InChI=1S/C7H18N2O4/c1-6(2)7(9(12)13)4-3-5-8(10)11/h6-7,10-13H,3-5H2,1-2H3. The zero-order chi connectivity index (χ0) is 10.4. The Morgan fingerprint density at radius 3 is 1.92 bits per heavy atom. The van der Waals surface area contributed by atoms with E-state index in [1.165, 1.54) is 0 Å². The van der Waals surface area contributed by atoms with Crippen LogP contribution in [0.15, 0.2) is 0 Å². The summed E-state index contributed by atoms with van der Waals surface area (Å²) >= 11 is 0. The van der Waals surface area contributed by atoms with Crippen molar-refractivity contribution in [2.45, 2.75) is 32.7 Å². The SMILES string of the molecule is CC(C)C(CCCN(O)O)N(O)O. The topological polar surface area (TPSA) is 87.4 Å². The highest BCUT2D eigenvalue weighted by Gasteiger charge is 2.18. The highest BCUT2D eigenvalue weighted by molar-refractivity contribution is 4.65. The molecule has 0 amide bonds. The van der Waals surface area contributed by atoms with Gasteiger partial charge in [-0.2, -0.15) is 0 Å². The Hall–Kier alpha value is -0.240. The molecule has 0 saturated heterocycles. The molecule has 80 valence electrons. The van der Waals surface area contributed by atoms with Gasteiger partial charge in [-0.3, -0.25) is 20.8 Å². The van der Waals surface area contributed by atoms with Crippen LogP contribution in [0.2, 0.25) is 0 Å². The quantitative estimate of drug-likeness (QED) is 0.471. The summed E-state index contributed by atoms with van der Waals surface area (Å²) in [5.41, 5.74) is 0. The molecule has 0 aliphatic rings. The molecule has 0 spiro atoms. The van der Waals surface area contributed by atoms with Crippen LogP contribution >= 0.6 is 0 Å². The van der Waals surface area contributed by atoms with Crippen molar-refractivity contribution < 1.29 is 20.8 Å². The molecule has 0 aromatic rings. The van der Waals surface area contributed by atoms with Gasteiger partial charge < -0.3 is 0 Å². The lowest BCUT2D eigenvalue weighted by atomic mass is 10.00. The van der Waals surface area contributed by atoms with E-state index in [4.69, 9.17) is 20.8 Å². The molecule has 0 fully saturated rings. The van der Waals surface area contributed by atoms with Crippen LogP contribution < -0.4 is 0 Å². The van der Waals surface area contributed by atoms with E-state index < -0.39 is 0 Å². The monoisotopic (exact) mass is 194 g/mol. The molecular formula is C7H18N2O4. The third kappa shape index (κ3) is 5.92. The molecule has 0 aromatic heterocycles. The Bertz CT molecular complexity index is 122. The Morgan fingerprint density at radius 1 is 1.08 bits per heavy atom. The summed E-state index contributed by atoms with van der Waals surface area (Å²) in [4.78, 5) is 0. The first kappa shape index (κ1) is 12.8. The summed E-state index contributed by atoms with van der Waals surface area (Å²) in [7, 11) is 0. The van der Waals surface area contributed by atoms with Gasteiger partial charge in [0.15, 0.2) is 0 Å². The van der Waals surface area contributed by atoms with Crippen molar-refractivity contribution in [3.8, 4) is 0 Å². The molecule has 1 atom stereocenters. The molecule has 0 radical (unpaired) electrons. The molecule has 0 rings (SSSR count). The minimum absolute atomic E-state index is 0.0937. The summed E-state index contributed by atoms with van der Waals surface area (Å²) in [6.07, 6.45) is 0.968. The van der Waals surface area contributed by atoms with Gasteiger partial charge in [-0.1, -0.05) is 24.3 Å². The van der Waals surface area contributed by atoms with Crippen molar-refractivity contribution in [3.63, 3.8) is 0 Å². The molecule has 0 aromatic carbocycles. The van der Waals surface area contributed by atoms with Crippen molar-refractivity contribution in [2.24, 2.45) is 5.92 Å². The zero-order valence-electron chi connectivity index (χ0n) is 7.96. The highest BCUT2D eigenvalue weighted by Crippen LogP contribution is 2.13. The summed E-state index contributed by atoms with van der Waals surface area (Å²) < 4.78 is 0. The van der Waals surface area contributed by atoms with E-state index in [0.29, 0.717) is 12.8 Å². The maximum Gasteiger partial charge on any atom is 0.0647 e. The Balaban J connectivity index is 3.70. The maximum atomic E-state index is 8.80. The maximum absolute atomic E-state index is 8.80. The fourth-order valence-corrected chi connectivity index (χ4v) is 1.16. The van der Waals surface area contributed by atoms with Crippen LogP contribution in [0.3, 0.4) is 0 Å². The highest BCUT2D eigenvalue weighted by atomic mass is 16.8. The van der Waals surface area contributed by atoms with Gasteiger partial charge in [-0.25, -0.2) is 0 Å². The number of hydrogen-bond acceptors (Lipinski definition) is 6. The number of nitrogens with zero attached hydrogens (tertiary/aromatic N) is 2. The second kappa shape index (κ2) is 6.25. The Morgan fingerprint density at radius 2 is 1.62 bits per heavy atom. The van der Waals surface area contributed by atoms with Crippen molar-refractivity contribution in [1.82, 2.24) is 10.5 Å². The third-order valence-electron chi connectivity index (χ3n) is 1.92. The van der Waals surface area contributed by atoms with E-state index in [1.807, 2.05) is 13.8 Å². The third-order valence-corrected chi connectivity index (χ3v) is 1.92. The molecule has 0 heterocycles. The van der Waals surface area contributed by atoms with Crippen LogP contribution in [0.4, 0.5) is 0 Å². The van der Waals surface area contributed by atoms with Crippen LogP contribution in [-0.2, 0) is 0 Å². The van der Waals surface area contributed by atoms with Gasteiger partial charge in [0.2, 0.25) is 0 Å². The van der Waals surface area contributed by atoms with Crippen molar-refractivity contribution >= 4 is 0 Å². The lowest BCUT2D eigenvalue weighted by molar-refractivity contribution is -0.341. The molecule has 6 heteroatoms. The average Bonchev–Trinajstić information content (AvgIpc) is 1.95. The second-order valence-corrected chi connectivity index (χ2v) is 3.37. The van der Waals surface area contributed by atoms with Crippen molar-refractivity contribution in [2.75, 3.05) is 6.54 Å². The lowest BCUT2D eigenvalue weighted by Crippen LogP contribution is -2.34. The van der Waals surface area contributed by atoms with Crippen LogP contribution in [0.25, 0.3) is 0 Å². The number of hydrogen-bond donors (Lipinski definition) is 4. The summed E-state index contributed by atoms with van der Waals surface area (Å²) in [5, 5.41) is 34.7. The van der Waals surface area contributed by atoms with E-state index in [1.54, 1.807) is 0 Å². The van der Waals surface area contributed by atoms with E-state index in [9.17, 15) is 0 Å². The van der Waals surface area contributed by atoms with E-state index in [2.05, 4.69) is 0 Å². The molecular weight excluding hydrogens is 176 g/mol. The molecule has 0 saturated carbocycles. The first-order valence-corrected chi connectivity index (χ1v) is 4.27. The molecule has 0 bridgehead atoms. The van der Waals surface area contributed by atoms with Crippen LogP contribution in [0.1, 0.15) is 26.7 Å². The molecule has 4 N–H and O–H groups in total. The van der Waals surface area contributed by atoms with Gasteiger partial charge in [0, 0.05) is 0 Å². The first-order chi connectivity index (χ1) is 5.95. The molecule has 0 aliphatic carbocycles. The Labute approximate surface area is 77.4 Å². The predicted octanol–water partition coefficient (Wildman–Crippen LogP) is 0.952. The van der Waals surface area contributed by atoms with Crippen LogP contribution in [0, 0.1) is 5.92 Å². The summed E-state index contributed by atoms with van der Waals surface area (Å²) in [6.45, 7) is 3.82. The predicted molar refractivity (Wildman–Crippen MR) is 43.6 cm³/mol. The lowest BCUT2D eigenvalue weighted by Gasteiger charge is -2.24. The van der Waals surface area contributed by atoms with Gasteiger partial charge in [0.1, 0.15) is 0 Å². The van der Waals surface area contributed by atoms with Gasteiger partial charge >= 0.3 is 0 Å². The van der Waals surface area contributed by atoms with Gasteiger partial charge in [-0.05, 0) is 18.8 Å². The fraction of sp³-hybridized carbons (Fsp3) is 1.00. The number of rotatable bonds is 6. The van der Waals surface area contributed by atoms with E-state index in [-0.39, 0.29) is 29.0 Å². The number of hydroxylamine groups is 4. The van der Waals surface area contributed by atoms with Gasteiger partial charge in [-0.15, -0.1) is 0 Å². The Kier molecular flexibility index (Phi) is 6.13. The smallest absolute Gasteiger partial charge is 0.0647 e. The molecule has 0 aliphatic heterocycles. The average molecular weight is 194 g/mol. The molecule has 6 nitrogen and oxygen atoms in total. The van der Waals surface area contributed by atoms with Gasteiger partial charge in [0.05, 0.1) is 12.6 Å². The van der Waals surface area contributed by atoms with E-state index >= 15 is 0 Å². The summed E-state index contributed by atoms with van der Waals surface area (Å²) in [5.74, 6) is 0.0980. The normalized spacial score (nSPS) is 14.5. The van der Waals surface area contributed by atoms with Crippen molar-refractivity contribution in [1.29, 1.82) is 0 Å². The van der Waals surface area contributed by atoms with Crippen LogP contribution in [0.5, 0.6) is 0 Å². The minimum Gasteiger partial charge on any atom is -0.290 e. The van der Waals surface area contributed by atoms with Gasteiger partial charge in [0.25, 0.3) is 0 Å². The molecule has 13 heavy (non-hydrogen) atoms.